The Morgan fingerprint density at radius 3 is 2.64 bits per heavy atom. The molecule has 174 valence electrons. The average molecular weight is 454 g/mol. The number of alkyl halides is 2. The summed E-state index contributed by atoms with van der Waals surface area (Å²) in [5.41, 5.74) is 3.73. The zero-order valence-corrected chi connectivity index (χ0v) is 18.8. The van der Waals surface area contributed by atoms with E-state index in [2.05, 4.69) is 15.6 Å². The second-order valence-corrected chi connectivity index (χ2v) is 8.41. The second kappa shape index (κ2) is 11.0. The minimum atomic E-state index is -2.74. The standard InChI is InChI=1S/C25H29F2N5O/c1-25(26,27)17-32(2)16-18-3-6-22(7-4-18)31-24(33)10-5-19-14-29-12-11-23(19)20(13-28)15-30-21-8-9-21/h3-7,10-15,21,28,30H,8-9,16-17H2,1-2H3,(H,31,33)/b10-5+,20-15+,28-13?. The normalized spacial score (nSPS) is 14.5. The van der Waals surface area contributed by atoms with Crippen LogP contribution < -0.4 is 10.6 Å². The lowest BCUT2D eigenvalue weighted by molar-refractivity contribution is -0.111. The third-order valence-electron chi connectivity index (χ3n) is 5.01. The predicted molar refractivity (Wildman–Crippen MR) is 128 cm³/mol. The Kier molecular flexibility index (Phi) is 8.06. The quantitative estimate of drug-likeness (QED) is 0.344. The average Bonchev–Trinajstić information content (AvgIpc) is 3.58. The number of halogens is 2. The molecule has 0 bridgehead atoms. The number of allylic oxidation sites excluding steroid dienone is 1. The number of carbonyl (C=O) groups is 1. The van der Waals surface area contributed by atoms with Gasteiger partial charge in [0.15, 0.2) is 0 Å². The maximum absolute atomic E-state index is 13.1. The van der Waals surface area contributed by atoms with E-state index < -0.39 is 5.92 Å². The van der Waals surface area contributed by atoms with Crippen molar-refractivity contribution >= 4 is 29.5 Å². The third kappa shape index (κ3) is 8.23. The van der Waals surface area contributed by atoms with Gasteiger partial charge in [0.25, 0.3) is 5.92 Å². The van der Waals surface area contributed by atoms with Crippen LogP contribution in [-0.4, -0.2) is 47.6 Å². The van der Waals surface area contributed by atoms with Crippen LogP contribution in [0.2, 0.25) is 0 Å². The highest BCUT2D eigenvalue weighted by Gasteiger charge is 2.23. The summed E-state index contributed by atoms with van der Waals surface area (Å²) in [4.78, 5) is 18.1. The molecule has 1 aliphatic carbocycles. The Bertz CT molecular complexity index is 1020. The molecule has 0 saturated heterocycles. The number of nitrogens with zero attached hydrogens (tertiary/aromatic N) is 2. The highest BCUT2D eigenvalue weighted by molar-refractivity contribution is 6.10. The molecular weight excluding hydrogens is 424 g/mol. The molecule has 1 aliphatic rings. The zero-order chi connectivity index (χ0) is 23.8. The fourth-order valence-corrected chi connectivity index (χ4v) is 3.34. The SMILES string of the molecule is CN(Cc1ccc(NC(=O)/C=C/c2cnccc2/C(C=N)=C/NC2CC2)cc1)CC(C)(F)F. The highest BCUT2D eigenvalue weighted by Crippen LogP contribution is 2.22. The van der Waals surface area contributed by atoms with Crippen molar-refractivity contribution in [2.75, 3.05) is 18.9 Å². The van der Waals surface area contributed by atoms with E-state index in [0.29, 0.717) is 23.8 Å². The summed E-state index contributed by atoms with van der Waals surface area (Å²) in [5.74, 6) is -3.05. The van der Waals surface area contributed by atoms with Gasteiger partial charge in [0, 0.05) is 67.2 Å². The van der Waals surface area contributed by atoms with Crippen LogP contribution in [-0.2, 0) is 11.3 Å². The van der Waals surface area contributed by atoms with Crippen molar-refractivity contribution < 1.29 is 13.6 Å². The number of hydrogen-bond acceptors (Lipinski definition) is 5. The third-order valence-corrected chi connectivity index (χ3v) is 5.01. The summed E-state index contributed by atoms with van der Waals surface area (Å²) in [7, 11) is 1.64. The summed E-state index contributed by atoms with van der Waals surface area (Å²) in [6, 6.07) is 9.38. The van der Waals surface area contributed by atoms with Gasteiger partial charge in [-0.2, -0.15) is 0 Å². The van der Waals surface area contributed by atoms with E-state index in [9.17, 15) is 13.6 Å². The molecule has 0 atom stereocenters. The summed E-state index contributed by atoms with van der Waals surface area (Å²) in [5, 5.41) is 13.8. The summed E-state index contributed by atoms with van der Waals surface area (Å²) < 4.78 is 26.2. The summed E-state index contributed by atoms with van der Waals surface area (Å²) >= 11 is 0. The molecule has 0 aliphatic heterocycles. The number of hydrogen-bond donors (Lipinski definition) is 3. The Morgan fingerprint density at radius 2 is 2.00 bits per heavy atom. The molecule has 1 aromatic heterocycles. The molecular formula is C25H29F2N5O. The number of anilines is 1. The van der Waals surface area contributed by atoms with Crippen LogP contribution >= 0.6 is 0 Å². The van der Waals surface area contributed by atoms with Gasteiger partial charge >= 0.3 is 0 Å². The molecule has 1 amide bonds. The van der Waals surface area contributed by atoms with Crippen molar-refractivity contribution in [3.8, 4) is 0 Å². The van der Waals surface area contributed by atoms with Gasteiger partial charge in [-0.3, -0.25) is 14.7 Å². The molecule has 1 heterocycles. The van der Waals surface area contributed by atoms with Gasteiger partial charge in [-0.05, 0) is 55.3 Å². The molecule has 0 radical (unpaired) electrons. The largest absolute Gasteiger partial charge is 0.388 e. The topological polar surface area (TPSA) is 81.1 Å². The number of pyridine rings is 1. The first kappa shape index (κ1) is 24.3. The van der Waals surface area contributed by atoms with Gasteiger partial charge in [-0.15, -0.1) is 0 Å². The van der Waals surface area contributed by atoms with Crippen molar-refractivity contribution in [2.24, 2.45) is 0 Å². The molecule has 0 spiro atoms. The van der Waals surface area contributed by atoms with Crippen molar-refractivity contribution in [2.45, 2.75) is 38.3 Å². The van der Waals surface area contributed by atoms with Crippen molar-refractivity contribution in [3.63, 3.8) is 0 Å². The lowest BCUT2D eigenvalue weighted by Crippen LogP contribution is -2.31. The van der Waals surface area contributed by atoms with E-state index in [-0.39, 0.29) is 12.5 Å². The first-order valence-corrected chi connectivity index (χ1v) is 10.8. The number of benzene rings is 1. The zero-order valence-electron chi connectivity index (χ0n) is 18.8. The van der Waals surface area contributed by atoms with Gasteiger partial charge in [0.2, 0.25) is 5.91 Å². The van der Waals surface area contributed by atoms with Gasteiger partial charge in [-0.25, -0.2) is 8.78 Å². The van der Waals surface area contributed by atoms with Gasteiger partial charge in [0.1, 0.15) is 0 Å². The Balaban J connectivity index is 1.60. The predicted octanol–water partition coefficient (Wildman–Crippen LogP) is 4.56. The number of nitrogens with one attached hydrogen (secondary N) is 3. The van der Waals surface area contributed by atoms with E-state index in [1.54, 1.807) is 54.7 Å². The van der Waals surface area contributed by atoms with E-state index in [1.165, 1.54) is 12.3 Å². The molecule has 8 heteroatoms. The van der Waals surface area contributed by atoms with Gasteiger partial charge < -0.3 is 16.0 Å². The molecule has 1 aromatic carbocycles. The van der Waals surface area contributed by atoms with E-state index in [4.69, 9.17) is 5.41 Å². The van der Waals surface area contributed by atoms with Crippen LogP contribution in [0.1, 0.15) is 36.5 Å². The number of carbonyl (C=O) groups excluding carboxylic acids is 1. The lowest BCUT2D eigenvalue weighted by Gasteiger charge is -2.20. The van der Waals surface area contributed by atoms with Crippen LogP contribution in [0.3, 0.4) is 0 Å². The first-order chi connectivity index (χ1) is 15.7. The number of aromatic nitrogens is 1. The van der Waals surface area contributed by atoms with Crippen LogP contribution in [0.25, 0.3) is 11.6 Å². The molecule has 1 fully saturated rings. The number of rotatable bonds is 11. The molecule has 3 rings (SSSR count). The van der Waals surface area contributed by atoms with Gasteiger partial charge in [0.05, 0.1) is 6.54 Å². The Hall–Kier alpha value is -3.39. The van der Waals surface area contributed by atoms with Crippen molar-refractivity contribution in [1.29, 1.82) is 5.41 Å². The van der Waals surface area contributed by atoms with Crippen molar-refractivity contribution in [1.82, 2.24) is 15.2 Å². The molecule has 6 nitrogen and oxygen atoms in total. The summed E-state index contributed by atoms with van der Waals surface area (Å²) in [6.45, 7) is 0.968. The smallest absolute Gasteiger partial charge is 0.257 e. The maximum Gasteiger partial charge on any atom is 0.257 e. The molecule has 33 heavy (non-hydrogen) atoms. The molecule has 2 aromatic rings. The van der Waals surface area contributed by atoms with Crippen molar-refractivity contribution in [3.05, 3.63) is 71.7 Å². The van der Waals surface area contributed by atoms with Gasteiger partial charge in [-0.1, -0.05) is 12.1 Å². The highest BCUT2D eigenvalue weighted by atomic mass is 19.3. The van der Waals surface area contributed by atoms with Crippen LogP contribution in [0.5, 0.6) is 0 Å². The Morgan fingerprint density at radius 1 is 1.27 bits per heavy atom. The first-order valence-electron chi connectivity index (χ1n) is 10.8. The fraction of sp³-hybridized carbons (Fsp3) is 0.320. The van der Waals surface area contributed by atoms with E-state index >= 15 is 0 Å². The van der Waals surface area contributed by atoms with Crippen LogP contribution in [0, 0.1) is 5.41 Å². The molecule has 1 saturated carbocycles. The minimum Gasteiger partial charge on any atom is -0.388 e. The monoisotopic (exact) mass is 453 g/mol. The fourth-order valence-electron chi connectivity index (χ4n) is 3.34. The molecule has 0 unspecified atom stereocenters. The molecule has 3 N–H and O–H groups in total. The van der Waals surface area contributed by atoms with E-state index in [0.717, 1.165) is 36.5 Å². The lowest BCUT2D eigenvalue weighted by atomic mass is 10.0. The minimum absolute atomic E-state index is 0.309. The summed E-state index contributed by atoms with van der Waals surface area (Å²) in [6.07, 6.45) is 11.8. The van der Waals surface area contributed by atoms with E-state index in [1.807, 2.05) is 12.3 Å². The van der Waals surface area contributed by atoms with Crippen LogP contribution in [0.4, 0.5) is 14.5 Å². The maximum atomic E-state index is 13.1. The Labute approximate surface area is 192 Å². The number of amides is 1. The van der Waals surface area contributed by atoms with Crippen LogP contribution in [0.15, 0.2) is 55.0 Å². The second-order valence-electron chi connectivity index (χ2n) is 8.41.